The number of nitrogens with one attached hydrogen (secondary N) is 1. The highest BCUT2D eigenvalue weighted by Crippen LogP contribution is 2.27. The second-order valence-electron chi connectivity index (χ2n) is 6.66. The van der Waals surface area contributed by atoms with E-state index in [9.17, 15) is 13.2 Å². The molecule has 28 heavy (non-hydrogen) atoms. The zero-order chi connectivity index (χ0) is 20.1. The molecule has 9 heteroatoms. The first kappa shape index (κ1) is 20.3. The van der Waals surface area contributed by atoms with Crippen LogP contribution >= 0.6 is 0 Å². The minimum atomic E-state index is -3.71. The number of para-hydroxylation sites is 2. The van der Waals surface area contributed by atoms with Crippen LogP contribution in [-0.4, -0.2) is 47.9 Å². The molecule has 8 nitrogen and oxygen atoms in total. The number of rotatable bonds is 7. The van der Waals surface area contributed by atoms with Gasteiger partial charge in [-0.15, -0.1) is 0 Å². The Morgan fingerprint density at radius 3 is 2.82 bits per heavy atom. The van der Waals surface area contributed by atoms with Crippen molar-refractivity contribution < 1.29 is 17.9 Å². The molecule has 0 saturated carbocycles. The van der Waals surface area contributed by atoms with Gasteiger partial charge in [0.15, 0.2) is 5.03 Å². The van der Waals surface area contributed by atoms with Crippen molar-refractivity contribution in [3.63, 3.8) is 0 Å². The third-order valence-electron chi connectivity index (χ3n) is 4.78. The van der Waals surface area contributed by atoms with Crippen molar-refractivity contribution in [3.8, 4) is 5.75 Å². The van der Waals surface area contributed by atoms with E-state index < -0.39 is 15.9 Å². The quantitative estimate of drug-likeness (QED) is 0.762. The molecular formula is C19H26N4O4S. The molecule has 1 atom stereocenters. The average molecular weight is 407 g/mol. The maximum atomic E-state index is 12.9. The highest BCUT2D eigenvalue weighted by Gasteiger charge is 2.34. The fraction of sp³-hybridized carbons (Fsp3) is 0.474. The number of carbonyl (C=O) groups is 1. The first-order valence-corrected chi connectivity index (χ1v) is 10.9. The van der Waals surface area contributed by atoms with Gasteiger partial charge in [-0.05, 0) is 38.8 Å². The van der Waals surface area contributed by atoms with Crippen molar-refractivity contribution in [1.82, 2.24) is 13.9 Å². The Morgan fingerprint density at radius 1 is 1.32 bits per heavy atom. The van der Waals surface area contributed by atoms with Crippen LogP contribution in [0.25, 0.3) is 0 Å². The molecule has 1 fully saturated rings. The zero-order valence-electron chi connectivity index (χ0n) is 16.2. The van der Waals surface area contributed by atoms with E-state index in [2.05, 4.69) is 10.3 Å². The monoisotopic (exact) mass is 406 g/mol. The van der Waals surface area contributed by atoms with Gasteiger partial charge >= 0.3 is 0 Å². The van der Waals surface area contributed by atoms with Crippen LogP contribution in [0.1, 0.15) is 26.7 Å². The minimum absolute atomic E-state index is 0.0251. The summed E-state index contributed by atoms with van der Waals surface area (Å²) >= 11 is 0. The van der Waals surface area contributed by atoms with E-state index in [1.165, 1.54) is 16.8 Å². The molecule has 1 aromatic heterocycles. The van der Waals surface area contributed by atoms with Gasteiger partial charge in [-0.25, -0.2) is 13.4 Å². The molecule has 0 bridgehead atoms. The van der Waals surface area contributed by atoms with Crippen LogP contribution in [0.15, 0.2) is 41.8 Å². The molecular weight excluding hydrogens is 380 g/mol. The Morgan fingerprint density at radius 2 is 2.11 bits per heavy atom. The SMILES string of the molecule is CCOc1ccccc1NC(=O)[C@H]1CCCN(S(=O)(=O)c2cn(CC)cn2)C1. The Labute approximate surface area is 165 Å². The standard InChI is InChI=1S/C19H26N4O4S/c1-3-22-13-18(20-14-22)28(25,26)23-11-7-8-15(12-23)19(24)21-16-9-5-6-10-17(16)27-4-2/h5-6,9-10,13-15H,3-4,7-8,11-12H2,1-2H3,(H,21,24)/t15-/m0/s1. The maximum absolute atomic E-state index is 12.9. The number of benzene rings is 1. The molecule has 0 radical (unpaired) electrons. The number of hydrogen-bond donors (Lipinski definition) is 1. The molecule has 0 spiro atoms. The average Bonchev–Trinajstić information content (AvgIpc) is 3.20. The Hall–Kier alpha value is -2.39. The lowest BCUT2D eigenvalue weighted by Gasteiger charge is -2.30. The van der Waals surface area contributed by atoms with Crippen LogP contribution in [0, 0.1) is 5.92 Å². The van der Waals surface area contributed by atoms with Crippen LogP contribution < -0.4 is 10.1 Å². The third-order valence-corrected chi connectivity index (χ3v) is 6.53. The fourth-order valence-electron chi connectivity index (χ4n) is 3.24. The Bertz CT molecular complexity index is 926. The van der Waals surface area contributed by atoms with E-state index in [4.69, 9.17) is 4.74 Å². The van der Waals surface area contributed by atoms with E-state index >= 15 is 0 Å². The van der Waals surface area contributed by atoms with Crippen molar-refractivity contribution in [2.24, 2.45) is 5.92 Å². The summed E-state index contributed by atoms with van der Waals surface area (Å²) in [4.78, 5) is 16.8. The van der Waals surface area contributed by atoms with Gasteiger partial charge in [-0.1, -0.05) is 12.1 Å². The number of aryl methyl sites for hydroxylation is 1. The van der Waals surface area contributed by atoms with Crippen LogP contribution in [0.2, 0.25) is 0 Å². The van der Waals surface area contributed by atoms with Gasteiger partial charge in [-0.2, -0.15) is 4.31 Å². The summed E-state index contributed by atoms with van der Waals surface area (Å²) < 4.78 is 34.4. The maximum Gasteiger partial charge on any atom is 0.262 e. The largest absolute Gasteiger partial charge is 0.492 e. The molecule has 0 aliphatic carbocycles. The highest BCUT2D eigenvalue weighted by molar-refractivity contribution is 7.89. The lowest BCUT2D eigenvalue weighted by Crippen LogP contribution is -2.43. The van der Waals surface area contributed by atoms with Gasteiger partial charge in [0.2, 0.25) is 5.91 Å². The second-order valence-corrected chi connectivity index (χ2v) is 8.55. The molecule has 2 heterocycles. The number of carbonyl (C=O) groups excluding carboxylic acids is 1. The molecule has 1 amide bonds. The van der Waals surface area contributed by atoms with Crippen LogP contribution in [0.5, 0.6) is 5.75 Å². The normalized spacial score (nSPS) is 18.0. The fourth-order valence-corrected chi connectivity index (χ4v) is 4.70. The zero-order valence-corrected chi connectivity index (χ0v) is 17.0. The smallest absolute Gasteiger partial charge is 0.262 e. The van der Waals surface area contributed by atoms with Crippen molar-refractivity contribution in [1.29, 1.82) is 0 Å². The van der Waals surface area contributed by atoms with Crippen LogP contribution in [0.4, 0.5) is 5.69 Å². The number of anilines is 1. The molecule has 1 aromatic carbocycles. The number of nitrogens with zero attached hydrogens (tertiary/aromatic N) is 3. The number of sulfonamides is 1. The van der Waals surface area contributed by atoms with Crippen LogP contribution in [-0.2, 0) is 21.4 Å². The van der Waals surface area contributed by atoms with E-state index in [0.717, 1.165) is 0 Å². The number of imidazole rings is 1. The summed E-state index contributed by atoms with van der Waals surface area (Å²) in [6.45, 7) is 5.46. The van der Waals surface area contributed by atoms with Gasteiger partial charge < -0.3 is 14.6 Å². The lowest BCUT2D eigenvalue weighted by molar-refractivity contribution is -0.120. The van der Waals surface area contributed by atoms with Crippen molar-refractivity contribution in [2.45, 2.75) is 38.3 Å². The molecule has 3 rings (SSSR count). The Kier molecular flexibility index (Phi) is 6.35. The molecule has 152 valence electrons. The van der Waals surface area contributed by atoms with E-state index in [0.29, 0.717) is 44.0 Å². The first-order chi connectivity index (χ1) is 13.5. The van der Waals surface area contributed by atoms with Crippen LogP contribution in [0.3, 0.4) is 0 Å². The summed E-state index contributed by atoms with van der Waals surface area (Å²) in [5.41, 5.74) is 0.594. The van der Waals surface area contributed by atoms with Gasteiger partial charge in [0.25, 0.3) is 10.0 Å². The lowest BCUT2D eigenvalue weighted by atomic mass is 9.98. The molecule has 1 N–H and O–H groups in total. The van der Waals surface area contributed by atoms with E-state index in [1.54, 1.807) is 16.7 Å². The van der Waals surface area contributed by atoms with Crippen molar-refractivity contribution in [3.05, 3.63) is 36.8 Å². The van der Waals surface area contributed by atoms with Crippen molar-refractivity contribution >= 4 is 21.6 Å². The van der Waals surface area contributed by atoms with E-state index in [-0.39, 0.29) is 17.5 Å². The predicted molar refractivity (Wildman–Crippen MR) is 106 cm³/mol. The summed E-state index contributed by atoms with van der Waals surface area (Å²) in [6.07, 6.45) is 4.29. The van der Waals surface area contributed by atoms with Gasteiger partial charge in [-0.3, -0.25) is 4.79 Å². The number of amides is 1. The minimum Gasteiger partial charge on any atom is -0.492 e. The molecule has 1 aliphatic rings. The topological polar surface area (TPSA) is 93.5 Å². The van der Waals surface area contributed by atoms with Crippen molar-refractivity contribution in [2.75, 3.05) is 25.0 Å². The molecule has 2 aromatic rings. The second kappa shape index (κ2) is 8.74. The Balaban J connectivity index is 1.71. The summed E-state index contributed by atoms with van der Waals surface area (Å²) in [6, 6.07) is 7.23. The summed E-state index contributed by atoms with van der Waals surface area (Å²) in [5.74, 6) is -0.0265. The third kappa shape index (κ3) is 4.36. The van der Waals surface area contributed by atoms with Gasteiger partial charge in [0, 0.05) is 25.8 Å². The van der Waals surface area contributed by atoms with Gasteiger partial charge in [0.1, 0.15) is 5.75 Å². The number of aromatic nitrogens is 2. The predicted octanol–water partition coefficient (Wildman–Crippen LogP) is 2.34. The number of hydrogen-bond acceptors (Lipinski definition) is 5. The van der Waals surface area contributed by atoms with Gasteiger partial charge in [0.05, 0.1) is 24.5 Å². The molecule has 0 unspecified atom stereocenters. The summed E-state index contributed by atoms with van der Waals surface area (Å²) in [5, 5.41) is 2.91. The first-order valence-electron chi connectivity index (χ1n) is 9.50. The molecule has 1 saturated heterocycles. The number of ether oxygens (including phenoxy) is 1. The van der Waals surface area contributed by atoms with E-state index in [1.807, 2.05) is 26.0 Å². The summed E-state index contributed by atoms with van der Waals surface area (Å²) in [7, 11) is -3.71. The highest BCUT2D eigenvalue weighted by atomic mass is 32.2. The molecule has 1 aliphatic heterocycles. The number of piperidine rings is 1.